The van der Waals surface area contributed by atoms with Crippen molar-refractivity contribution in [3.8, 4) is 5.75 Å². The number of allylic oxidation sites excluding steroid dienone is 4. The van der Waals surface area contributed by atoms with Gasteiger partial charge in [0, 0.05) is 33.1 Å². The molecule has 0 atom stereocenters. The van der Waals surface area contributed by atoms with Crippen molar-refractivity contribution in [2.24, 2.45) is 5.73 Å². The van der Waals surface area contributed by atoms with Crippen LogP contribution in [0.25, 0.3) is 6.08 Å². The fourth-order valence-corrected chi connectivity index (χ4v) is 3.42. The molecule has 0 fully saturated rings. The van der Waals surface area contributed by atoms with Gasteiger partial charge >= 0.3 is 0 Å². The molecule has 8 heteroatoms. The van der Waals surface area contributed by atoms with Gasteiger partial charge in [-0.15, -0.1) is 0 Å². The summed E-state index contributed by atoms with van der Waals surface area (Å²) in [6.07, 6.45) is 11.2. The molecule has 0 saturated carbocycles. The van der Waals surface area contributed by atoms with Crippen LogP contribution in [0.5, 0.6) is 5.75 Å². The fraction of sp³-hybridized carbons (Fsp3) is 0.231. The Balaban J connectivity index is 0.00000324. The van der Waals surface area contributed by atoms with E-state index < -0.39 is 5.82 Å². The van der Waals surface area contributed by atoms with Crippen molar-refractivity contribution in [2.75, 3.05) is 27.6 Å². The van der Waals surface area contributed by atoms with Gasteiger partial charge in [-0.1, -0.05) is 30.4 Å². The van der Waals surface area contributed by atoms with Crippen molar-refractivity contribution >= 4 is 11.8 Å². The number of aromatic nitrogens is 1. The Hall–Kier alpha value is -3.75. The molecule has 7 nitrogen and oxygen atoms in total. The van der Waals surface area contributed by atoms with E-state index in [1.165, 1.54) is 13.2 Å². The van der Waals surface area contributed by atoms with Gasteiger partial charge in [0.25, 0.3) is 0 Å². The second-order valence-electron chi connectivity index (χ2n) is 7.45. The molecular formula is C26H33FN4O3. The summed E-state index contributed by atoms with van der Waals surface area (Å²) in [5, 5.41) is 11.8. The highest BCUT2D eigenvalue weighted by Gasteiger charge is 2.20. The van der Waals surface area contributed by atoms with Crippen molar-refractivity contribution in [2.45, 2.75) is 13.0 Å². The summed E-state index contributed by atoms with van der Waals surface area (Å²) in [6.45, 7) is 1.27. The third-order valence-electron chi connectivity index (χ3n) is 5.11. The third-order valence-corrected chi connectivity index (χ3v) is 5.11. The topological polar surface area (TPSA) is 102 Å². The van der Waals surface area contributed by atoms with E-state index in [9.17, 15) is 4.39 Å². The predicted octanol–water partition coefficient (Wildman–Crippen LogP) is 4.59. The van der Waals surface area contributed by atoms with Gasteiger partial charge in [0.15, 0.2) is 11.6 Å². The van der Waals surface area contributed by atoms with Gasteiger partial charge in [0.2, 0.25) is 0 Å². The molecule has 0 unspecified atom stereocenters. The first-order chi connectivity index (χ1) is 16.5. The minimum Gasteiger partial charge on any atom is -0.496 e. The second kappa shape index (κ2) is 12.5. The van der Waals surface area contributed by atoms with E-state index in [4.69, 9.17) is 25.4 Å². The molecule has 1 aromatic heterocycles. The zero-order valence-corrected chi connectivity index (χ0v) is 19.3. The Morgan fingerprint density at radius 2 is 2.12 bits per heavy atom. The molecule has 0 bridgehead atoms. The van der Waals surface area contributed by atoms with Crippen LogP contribution in [0.2, 0.25) is 0 Å². The van der Waals surface area contributed by atoms with E-state index in [1.807, 2.05) is 24.3 Å². The van der Waals surface area contributed by atoms with Crippen LogP contribution in [-0.4, -0.2) is 38.3 Å². The maximum Gasteiger partial charge on any atom is 0.165 e. The van der Waals surface area contributed by atoms with E-state index >= 15 is 0 Å². The highest BCUT2D eigenvalue weighted by Crippen LogP contribution is 2.26. The average molecular weight is 469 g/mol. The molecule has 2 aromatic rings. The number of nitrogens with two attached hydrogens (primary N) is 1. The Labute approximate surface area is 201 Å². The van der Waals surface area contributed by atoms with Gasteiger partial charge in [-0.25, -0.2) is 4.39 Å². The van der Waals surface area contributed by atoms with Gasteiger partial charge < -0.3 is 25.4 Å². The van der Waals surface area contributed by atoms with Gasteiger partial charge in [-0.2, -0.15) is 0 Å². The number of methoxy groups -OCH3 is 2. The SMILES string of the molecule is COC1=C(C(=N)/C=C/c2ccc(F)c(OC)c2)C(N)=CCC=C1COCNCc1cccnc1.[HH].[HH]. The number of hydrogen-bond acceptors (Lipinski definition) is 7. The number of nitrogens with zero attached hydrogens (tertiary/aromatic N) is 1. The first-order valence-corrected chi connectivity index (χ1v) is 10.7. The largest absolute Gasteiger partial charge is 0.496 e. The monoisotopic (exact) mass is 468 g/mol. The Morgan fingerprint density at radius 3 is 2.85 bits per heavy atom. The number of halogens is 1. The predicted molar refractivity (Wildman–Crippen MR) is 135 cm³/mol. The molecule has 34 heavy (non-hydrogen) atoms. The first-order valence-electron chi connectivity index (χ1n) is 10.7. The number of rotatable bonds is 11. The quantitative estimate of drug-likeness (QED) is 0.253. The molecule has 0 radical (unpaired) electrons. The van der Waals surface area contributed by atoms with Gasteiger partial charge in [-0.3, -0.25) is 10.3 Å². The maximum atomic E-state index is 13.7. The summed E-state index contributed by atoms with van der Waals surface area (Å²) in [5.74, 6) is 0.184. The van der Waals surface area contributed by atoms with Crippen LogP contribution in [0.4, 0.5) is 4.39 Å². The molecule has 182 valence electrons. The number of pyridine rings is 1. The Morgan fingerprint density at radius 1 is 1.26 bits per heavy atom. The molecule has 1 heterocycles. The molecule has 1 aromatic carbocycles. The lowest BCUT2D eigenvalue weighted by Gasteiger charge is -2.16. The van der Waals surface area contributed by atoms with Crippen molar-refractivity contribution in [1.29, 1.82) is 5.41 Å². The van der Waals surface area contributed by atoms with Crippen LogP contribution in [0, 0.1) is 11.2 Å². The van der Waals surface area contributed by atoms with Crippen LogP contribution < -0.4 is 15.8 Å². The molecule has 0 saturated heterocycles. The summed E-state index contributed by atoms with van der Waals surface area (Å²) in [6, 6.07) is 8.37. The molecule has 4 N–H and O–H groups in total. The summed E-state index contributed by atoms with van der Waals surface area (Å²) < 4.78 is 30.1. The van der Waals surface area contributed by atoms with Crippen LogP contribution >= 0.6 is 0 Å². The third kappa shape index (κ3) is 6.63. The average Bonchev–Trinajstić information content (AvgIpc) is 3.01. The lowest BCUT2D eigenvalue weighted by atomic mass is 10.0. The van der Waals surface area contributed by atoms with Crippen LogP contribution in [-0.2, 0) is 16.0 Å². The van der Waals surface area contributed by atoms with E-state index in [-0.39, 0.29) is 14.3 Å². The highest BCUT2D eigenvalue weighted by atomic mass is 19.1. The van der Waals surface area contributed by atoms with Gasteiger partial charge in [0.1, 0.15) is 5.76 Å². The summed E-state index contributed by atoms with van der Waals surface area (Å²) >= 11 is 0. The minimum absolute atomic E-state index is 0. The Kier molecular flexibility index (Phi) is 9.13. The maximum absolute atomic E-state index is 13.7. The lowest BCUT2D eigenvalue weighted by molar-refractivity contribution is 0.131. The van der Waals surface area contributed by atoms with E-state index in [0.29, 0.717) is 48.9 Å². The van der Waals surface area contributed by atoms with E-state index in [2.05, 4.69) is 10.3 Å². The number of ether oxygens (including phenoxy) is 3. The van der Waals surface area contributed by atoms with Crippen LogP contribution in [0.15, 0.2) is 83.6 Å². The Bertz CT molecular complexity index is 1140. The standard InChI is InChI=1S/C26H29FN4O3.2H2/c1-32-24-13-18(8-10-21(24)27)9-11-23(29)25-22(28)7-3-6-20(26(25)33-2)16-34-17-31-15-19-5-4-12-30-14-19;;/h4-14,29,31H,3,15-17,28H2,1-2H3;2*1H/b11-9+,29-23?;;. The summed E-state index contributed by atoms with van der Waals surface area (Å²) in [4.78, 5) is 4.09. The number of benzene rings is 1. The zero-order chi connectivity index (χ0) is 24.3. The molecule has 0 aliphatic heterocycles. The fourth-order valence-electron chi connectivity index (χ4n) is 3.42. The van der Waals surface area contributed by atoms with E-state index in [0.717, 1.165) is 11.1 Å². The first kappa shape index (κ1) is 24.9. The van der Waals surface area contributed by atoms with Crippen molar-refractivity contribution < 1.29 is 21.5 Å². The molecule has 0 amide bonds. The number of nitrogens with one attached hydrogen (secondary N) is 2. The van der Waals surface area contributed by atoms with Crippen LogP contribution in [0.3, 0.4) is 0 Å². The molecule has 0 spiro atoms. The summed E-state index contributed by atoms with van der Waals surface area (Å²) in [7, 11) is 2.95. The molecule has 3 rings (SSSR count). The molecule has 1 aliphatic carbocycles. The smallest absolute Gasteiger partial charge is 0.165 e. The van der Waals surface area contributed by atoms with Gasteiger partial charge in [-0.05, 0) is 41.8 Å². The van der Waals surface area contributed by atoms with Crippen molar-refractivity contribution in [3.63, 3.8) is 0 Å². The van der Waals surface area contributed by atoms with Crippen molar-refractivity contribution in [3.05, 3.63) is 101 Å². The number of hydrogen-bond donors (Lipinski definition) is 3. The van der Waals surface area contributed by atoms with Crippen LogP contribution in [0.1, 0.15) is 20.4 Å². The normalized spacial score (nSPS) is 14.0. The minimum atomic E-state index is -0.445. The zero-order valence-electron chi connectivity index (χ0n) is 19.3. The molecule has 1 aliphatic rings. The van der Waals surface area contributed by atoms with Gasteiger partial charge in [0.05, 0.1) is 38.8 Å². The van der Waals surface area contributed by atoms with E-state index in [1.54, 1.807) is 43.8 Å². The molecular weight excluding hydrogens is 435 g/mol. The summed E-state index contributed by atoms with van der Waals surface area (Å²) in [5.41, 5.74) is 9.92. The van der Waals surface area contributed by atoms with Crippen molar-refractivity contribution in [1.82, 2.24) is 10.3 Å². The highest BCUT2D eigenvalue weighted by molar-refractivity contribution is 6.12. The second-order valence-corrected chi connectivity index (χ2v) is 7.45. The lowest BCUT2D eigenvalue weighted by Crippen LogP contribution is -2.19.